The SMILES string of the molecule is CCN1CC(C(=O)c2oc(C3CCS(=O)(=O)CC3)cc2Cc2ccc(F)cc2)C(=O)C1=O. The summed E-state index contributed by atoms with van der Waals surface area (Å²) < 4.78 is 42.8. The fraction of sp³-hybridized carbons (Fsp3) is 0.435. The molecule has 7 nitrogen and oxygen atoms in total. The van der Waals surface area contributed by atoms with Gasteiger partial charge in [-0.15, -0.1) is 0 Å². The van der Waals surface area contributed by atoms with Crippen LogP contribution < -0.4 is 0 Å². The van der Waals surface area contributed by atoms with E-state index in [0.29, 0.717) is 30.7 Å². The van der Waals surface area contributed by atoms with Crippen molar-refractivity contribution in [2.45, 2.75) is 32.1 Å². The van der Waals surface area contributed by atoms with Gasteiger partial charge in [0, 0.05) is 31.0 Å². The van der Waals surface area contributed by atoms with Gasteiger partial charge in [0.05, 0.1) is 11.5 Å². The first-order valence-corrected chi connectivity index (χ1v) is 12.5. The Morgan fingerprint density at radius 2 is 1.81 bits per heavy atom. The first kappa shape index (κ1) is 22.4. The van der Waals surface area contributed by atoms with Crippen LogP contribution in [0, 0.1) is 11.7 Å². The van der Waals surface area contributed by atoms with Gasteiger partial charge in [0.25, 0.3) is 5.91 Å². The van der Waals surface area contributed by atoms with Gasteiger partial charge in [0.2, 0.25) is 11.6 Å². The van der Waals surface area contributed by atoms with Gasteiger partial charge in [0.15, 0.2) is 5.76 Å². The maximum absolute atomic E-state index is 13.3. The number of ketones is 2. The van der Waals surface area contributed by atoms with Crippen LogP contribution in [0.5, 0.6) is 0 Å². The maximum atomic E-state index is 13.3. The highest BCUT2D eigenvalue weighted by atomic mass is 32.2. The van der Waals surface area contributed by atoms with Gasteiger partial charge in [-0.25, -0.2) is 12.8 Å². The number of benzene rings is 1. The predicted molar refractivity (Wildman–Crippen MR) is 114 cm³/mol. The second-order valence-electron chi connectivity index (χ2n) is 8.36. The monoisotopic (exact) mass is 461 g/mol. The third-order valence-corrected chi connectivity index (χ3v) is 7.95. The molecule has 0 saturated carbocycles. The van der Waals surface area contributed by atoms with E-state index in [4.69, 9.17) is 4.42 Å². The standard InChI is InChI=1S/C23H24FNO6S/c1-2-25-13-18(21(27)23(25)28)20(26)22-16(11-14-3-5-17(24)6-4-14)12-19(31-22)15-7-9-32(29,30)10-8-15/h3-6,12,15,18H,2,7-11,13H2,1H3. The number of sulfone groups is 1. The summed E-state index contributed by atoms with van der Waals surface area (Å²) in [5, 5.41) is 0. The minimum atomic E-state index is -3.06. The van der Waals surface area contributed by atoms with Crippen LogP contribution in [0.15, 0.2) is 34.7 Å². The lowest BCUT2D eigenvalue weighted by atomic mass is 9.94. The topological polar surface area (TPSA) is 102 Å². The number of carbonyl (C=O) groups is 3. The predicted octanol–water partition coefficient (Wildman–Crippen LogP) is 2.53. The Labute approximate surface area is 185 Å². The van der Waals surface area contributed by atoms with Crippen LogP contribution in [-0.2, 0) is 25.8 Å². The number of hydrogen-bond acceptors (Lipinski definition) is 6. The molecule has 32 heavy (non-hydrogen) atoms. The lowest BCUT2D eigenvalue weighted by Gasteiger charge is -2.19. The zero-order valence-corrected chi connectivity index (χ0v) is 18.5. The Hall–Kier alpha value is -2.81. The van der Waals surface area contributed by atoms with Crippen molar-refractivity contribution in [2.24, 2.45) is 5.92 Å². The number of rotatable bonds is 6. The van der Waals surface area contributed by atoms with E-state index in [1.54, 1.807) is 25.1 Å². The van der Waals surface area contributed by atoms with Crippen LogP contribution >= 0.6 is 0 Å². The zero-order valence-electron chi connectivity index (χ0n) is 17.7. The molecular formula is C23H24FNO6S. The Kier molecular flexibility index (Phi) is 6.03. The lowest BCUT2D eigenvalue weighted by Crippen LogP contribution is -2.26. The van der Waals surface area contributed by atoms with Gasteiger partial charge in [0.1, 0.15) is 27.3 Å². The van der Waals surface area contributed by atoms with E-state index in [2.05, 4.69) is 0 Å². The van der Waals surface area contributed by atoms with Crippen LogP contribution in [0.3, 0.4) is 0 Å². The number of nitrogens with zero attached hydrogens (tertiary/aromatic N) is 1. The number of carbonyl (C=O) groups excluding carboxylic acids is 3. The molecule has 2 fully saturated rings. The van der Waals surface area contributed by atoms with E-state index in [0.717, 1.165) is 5.56 Å². The van der Waals surface area contributed by atoms with Crippen molar-refractivity contribution in [1.82, 2.24) is 4.90 Å². The van der Waals surface area contributed by atoms with Crippen molar-refractivity contribution in [3.05, 3.63) is 58.8 Å². The number of amides is 1. The summed E-state index contributed by atoms with van der Waals surface area (Å²) in [5.41, 5.74) is 1.29. The highest BCUT2D eigenvalue weighted by molar-refractivity contribution is 7.91. The average molecular weight is 462 g/mol. The van der Waals surface area contributed by atoms with Gasteiger partial charge in [-0.1, -0.05) is 12.1 Å². The molecule has 1 aromatic heterocycles. The summed E-state index contributed by atoms with van der Waals surface area (Å²) in [5.74, 6) is -3.00. The summed E-state index contributed by atoms with van der Waals surface area (Å²) >= 11 is 0. The summed E-state index contributed by atoms with van der Waals surface area (Å²) in [6, 6.07) is 7.58. The zero-order chi connectivity index (χ0) is 23.0. The van der Waals surface area contributed by atoms with E-state index in [-0.39, 0.29) is 42.0 Å². The van der Waals surface area contributed by atoms with Crippen LogP contribution in [0.2, 0.25) is 0 Å². The molecule has 2 aliphatic rings. The molecular weight excluding hydrogens is 437 g/mol. The summed E-state index contributed by atoms with van der Waals surface area (Å²) in [6.07, 6.45) is 1.07. The molecule has 2 aromatic rings. The largest absolute Gasteiger partial charge is 0.457 e. The Morgan fingerprint density at radius 1 is 1.16 bits per heavy atom. The number of likely N-dealkylation sites (tertiary alicyclic amines) is 1. The van der Waals surface area contributed by atoms with E-state index >= 15 is 0 Å². The summed E-state index contributed by atoms with van der Waals surface area (Å²) in [6.45, 7) is 2.08. The Morgan fingerprint density at radius 3 is 2.41 bits per heavy atom. The Balaban J connectivity index is 1.66. The molecule has 2 saturated heterocycles. The number of halogens is 1. The number of Topliss-reactive ketones (excluding diaryl/α,β-unsaturated/α-hetero) is 2. The molecule has 0 spiro atoms. The second kappa shape index (κ2) is 8.61. The average Bonchev–Trinajstić information content (AvgIpc) is 3.30. The molecule has 2 aliphatic heterocycles. The van der Waals surface area contributed by atoms with Gasteiger partial charge in [-0.2, -0.15) is 0 Å². The van der Waals surface area contributed by atoms with E-state index in [9.17, 15) is 27.2 Å². The molecule has 1 unspecified atom stereocenters. The molecule has 0 aliphatic carbocycles. The maximum Gasteiger partial charge on any atom is 0.290 e. The van der Waals surface area contributed by atoms with Crippen LogP contribution in [0.4, 0.5) is 4.39 Å². The summed E-state index contributed by atoms with van der Waals surface area (Å²) in [7, 11) is -3.06. The highest BCUT2D eigenvalue weighted by Gasteiger charge is 2.44. The molecule has 1 aromatic carbocycles. The van der Waals surface area contributed by atoms with Crippen molar-refractivity contribution in [1.29, 1.82) is 0 Å². The first-order valence-electron chi connectivity index (χ1n) is 10.6. The third kappa shape index (κ3) is 4.39. The minimum absolute atomic E-state index is 0.0146. The molecule has 0 bridgehead atoms. The molecule has 9 heteroatoms. The smallest absolute Gasteiger partial charge is 0.290 e. The summed E-state index contributed by atoms with van der Waals surface area (Å²) in [4.78, 5) is 39.1. The normalized spacial score (nSPS) is 21.3. The van der Waals surface area contributed by atoms with Crippen molar-refractivity contribution < 1.29 is 31.6 Å². The lowest BCUT2D eigenvalue weighted by molar-refractivity contribution is -0.140. The molecule has 3 heterocycles. The quantitative estimate of drug-likeness (QED) is 0.372. The molecule has 1 atom stereocenters. The van der Waals surface area contributed by atoms with Gasteiger partial charge >= 0.3 is 0 Å². The van der Waals surface area contributed by atoms with E-state index in [1.165, 1.54) is 17.0 Å². The first-order chi connectivity index (χ1) is 15.2. The molecule has 0 N–H and O–H groups in total. The van der Waals surface area contributed by atoms with Gasteiger partial charge in [-0.05, 0) is 43.5 Å². The van der Waals surface area contributed by atoms with E-state index < -0.39 is 33.2 Å². The fourth-order valence-electron chi connectivity index (χ4n) is 4.31. The molecule has 1 amide bonds. The van der Waals surface area contributed by atoms with Crippen LogP contribution in [-0.4, -0.2) is 55.4 Å². The molecule has 4 rings (SSSR count). The van der Waals surface area contributed by atoms with Crippen molar-refractivity contribution >= 4 is 27.3 Å². The van der Waals surface area contributed by atoms with Crippen molar-refractivity contribution in [3.63, 3.8) is 0 Å². The van der Waals surface area contributed by atoms with E-state index in [1.807, 2.05) is 0 Å². The van der Waals surface area contributed by atoms with Crippen molar-refractivity contribution in [3.8, 4) is 0 Å². The molecule has 170 valence electrons. The third-order valence-electron chi connectivity index (χ3n) is 6.23. The highest BCUT2D eigenvalue weighted by Crippen LogP contribution is 2.34. The van der Waals surface area contributed by atoms with Gasteiger partial charge in [-0.3, -0.25) is 14.4 Å². The molecule has 0 radical (unpaired) electrons. The number of furan rings is 1. The minimum Gasteiger partial charge on any atom is -0.457 e. The van der Waals surface area contributed by atoms with Crippen LogP contribution in [0.25, 0.3) is 0 Å². The number of hydrogen-bond donors (Lipinski definition) is 0. The van der Waals surface area contributed by atoms with Crippen molar-refractivity contribution in [2.75, 3.05) is 24.6 Å². The van der Waals surface area contributed by atoms with Gasteiger partial charge < -0.3 is 9.32 Å². The Bertz CT molecular complexity index is 1150. The van der Waals surface area contributed by atoms with Crippen LogP contribution in [0.1, 0.15) is 53.1 Å². The fourth-order valence-corrected chi connectivity index (χ4v) is 5.80. The number of likely N-dealkylation sites (N-methyl/N-ethyl adjacent to an activating group) is 1. The second-order valence-corrected chi connectivity index (χ2v) is 10.7.